The molecule has 8 heteroatoms. The van der Waals surface area contributed by atoms with E-state index >= 15 is 0 Å². The number of piperazine rings is 1. The molecular weight excluding hydrogens is 463 g/mol. The average Bonchev–Trinajstić information content (AvgIpc) is 3.13. The summed E-state index contributed by atoms with van der Waals surface area (Å²) in [6.07, 6.45) is 4.26. The van der Waals surface area contributed by atoms with E-state index in [1.807, 2.05) is 18.2 Å². The third-order valence-corrected chi connectivity index (χ3v) is 8.46. The number of rotatable bonds is 6. The van der Waals surface area contributed by atoms with Gasteiger partial charge in [0.15, 0.2) is 0 Å². The summed E-state index contributed by atoms with van der Waals surface area (Å²) < 4.78 is 0. The largest absolute Gasteiger partial charge is 0.315 e. The highest BCUT2D eigenvalue weighted by Gasteiger charge is 2.26. The Hall–Kier alpha value is -1.62. The molecule has 1 aliphatic carbocycles. The van der Waals surface area contributed by atoms with Crippen molar-refractivity contribution in [1.82, 2.24) is 9.80 Å². The SMILES string of the molecule is CCC1CCc2c(sc(NC(=O)CN3CCN(Cc4c(Cl)cccc4Cl)CC3)c2C#N)C1. The van der Waals surface area contributed by atoms with Crippen molar-refractivity contribution in [2.75, 3.05) is 38.0 Å². The summed E-state index contributed by atoms with van der Waals surface area (Å²) in [7, 11) is 0. The number of nitriles is 1. The molecule has 0 spiro atoms. The van der Waals surface area contributed by atoms with E-state index in [-0.39, 0.29) is 5.91 Å². The number of halogens is 2. The monoisotopic (exact) mass is 490 g/mol. The molecule has 2 heterocycles. The Morgan fingerprint density at radius 1 is 1.22 bits per heavy atom. The van der Waals surface area contributed by atoms with E-state index in [0.717, 1.165) is 68.0 Å². The number of carbonyl (C=O) groups is 1. The molecule has 1 amide bonds. The van der Waals surface area contributed by atoms with E-state index in [2.05, 4.69) is 28.1 Å². The van der Waals surface area contributed by atoms with Crippen LogP contribution in [0.4, 0.5) is 5.00 Å². The van der Waals surface area contributed by atoms with E-state index in [4.69, 9.17) is 23.2 Å². The predicted octanol–water partition coefficient (Wildman–Crippen LogP) is 5.20. The van der Waals surface area contributed by atoms with Crippen molar-refractivity contribution in [2.24, 2.45) is 5.92 Å². The summed E-state index contributed by atoms with van der Waals surface area (Å²) in [6, 6.07) is 7.92. The molecule has 0 bridgehead atoms. The van der Waals surface area contributed by atoms with Gasteiger partial charge in [-0.15, -0.1) is 11.3 Å². The van der Waals surface area contributed by atoms with Crippen LogP contribution in [0.5, 0.6) is 0 Å². The van der Waals surface area contributed by atoms with Gasteiger partial charge in [-0.1, -0.05) is 42.6 Å². The van der Waals surface area contributed by atoms with Gasteiger partial charge in [0.05, 0.1) is 12.1 Å². The van der Waals surface area contributed by atoms with Crippen molar-refractivity contribution in [2.45, 2.75) is 39.2 Å². The standard InChI is InChI=1S/C24H28Cl2N4OS/c1-2-16-6-7-17-18(13-27)24(32-22(17)12-16)28-23(31)15-30-10-8-29(9-11-30)14-19-20(25)4-3-5-21(19)26/h3-5,16H,2,6-12,14-15H2,1H3,(H,28,31). The van der Waals surface area contributed by atoms with Gasteiger partial charge in [-0.3, -0.25) is 14.6 Å². The molecule has 0 saturated carbocycles. The lowest BCUT2D eigenvalue weighted by Gasteiger charge is -2.34. The quantitative estimate of drug-likeness (QED) is 0.604. The normalized spacial score (nSPS) is 19.4. The zero-order valence-electron chi connectivity index (χ0n) is 18.3. The van der Waals surface area contributed by atoms with E-state index in [1.54, 1.807) is 11.3 Å². The first-order valence-electron chi connectivity index (χ1n) is 11.2. The van der Waals surface area contributed by atoms with Crippen LogP contribution in [0, 0.1) is 17.2 Å². The third kappa shape index (κ3) is 5.30. The molecule has 1 aliphatic heterocycles. The maximum Gasteiger partial charge on any atom is 0.239 e. The van der Waals surface area contributed by atoms with Gasteiger partial charge in [0, 0.05) is 53.2 Å². The molecule has 2 aromatic rings. The number of fused-ring (bicyclic) bond motifs is 1. The Morgan fingerprint density at radius 2 is 1.91 bits per heavy atom. The highest BCUT2D eigenvalue weighted by molar-refractivity contribution is 7.16. The zero-order chi connectivity index (χ0) is 22.7. The maximum absolute atomic E-state index is 12.7. The fourth-order valence-corrected chi connectivity index (χ4v) is 6.44. The number of carbonyl (C=O) groups excluding carboxylic acids is 1. The second-order valence-electron chi connectivity index (χ2n) is 8.64. The van der Waals surface area contributed by atoms with Gasteiger partial charge in [-0.05, 0) is 42.9 Å². The van der Waals surface area contributed by atoms with Crippen LogP contribution in [0.15, 0.2) is 18.2 Å². The fourth-order valence-electron chi connectivity index (χ4n) is 4.59. The Morgan fingerprint density at radius 3 is 2.56 bits per heavy atom. The Labute approximate surface area is 203 Å². The van der Waals surface area contributed by atoms with E-state index in [1.165, 1.54) is 4.88 Å². The van der Waals surface area contributed by atoms with Crippen molar-refractivity contribution in [1.29, 1.82) is 5.26 Å². The van der Waals surface area contributed by atoms with E-state index in [0.29, 0.717) is 34.6 Å². The van der Waals surface area contributed by atoms with Gasteiger partial charge in [-0.25, -0.2) is 0 Å². The number of hydrogen-bond acceptors (Lipinski definition) is 5. The van der Waals surface area contributed by atoms with Gasteiger partial charge in [0.25, 0.3) is 0 Å². The Bertz CT molecular complexity index is 1000. The molecule has 1 fully saturated rings. The summed E-state index contributed by atoms with van der Waals surface area (Å²) in [5.74, 6) is 0.642. The number of thiophene rings is 1. The molecule has 2 aliphatic rings. The van der Waals surface area contributed by atoms with Gasteiger partial charge in [0.2, 0.25) is 5.91 Å². The summed E-state index contributed by atoms with van der Waals surface area (Å²) in [4.78, 5) is 18.5. The first-order valence-corrected chi connectivity index (χ1v) is 12.8. The highest BCUT2D eigenvalue weighted by Crippen LogP contribution is 2.40. The van der Waals surface area contributed by atoms with Crippen molar-refractivity contribution in [3.63, 3.8) is 0 Å². The number of nitrogens with zero attached hydrogens (tertiary/aromatic N) is 3. The molecule has 1 saturated heterocycles. The Balaban J connectivity index is 1.31. The molecular formula is C24H28Cl2N4OS. The smallest absolute Gasteiger partial charge is 0.239 e. The number of nitrogens with one attached hydrogen (secondary N) is 1. The zero-order valence-corrected chi connectivity index (χ0v) is 20.6. The average molecular weight is 491 g/mol. The number of anilines is 1. The van der Waals surface area contributed by atoms with Crippen LogP contribution in [0.3, 0.4) is 0 Å². The molecule has 1 unspecified atom stereocenters. The highest BCUT2D eigenvalue weighted by atomic mass is 35.5. The summed E-state index contributed by atoms with van der Waals surface area (Å²) in [6.45, 7) is 6.59. The van der Waals surface area contributed by atoms with Crippen LogP contribution in [0.1, 0.15) is 41.3 Å². The van der Waals surface area contributed by atoms with Crippen LogP contribution < -0.4 is 5.32 Å². The lowest BCUT2D eigenvalue weighted by molar-refractivity contribution is -0.117. The lowest BCUT2D eigenvalue weighted by atomic mass is 9.86. The van der Waals surface area contributed by atoms with Crippen molar-refractivity contribution < 1.29 is 4.79 Å². The summed E-state index contributed by atoms with van der Waals surface area (Å²) in [5.41, 5.74) is 2.79. The van der Waals surface area contributed by atoms with Gasteiger partial charge < -0.3 is 5.32 Å². The van der Waals surface area contributed by atoms with Crippen molar-refractivity contribution in [3.05, 3.63) is 49.8 Å². The van der Waals surface area contributed by atoms with Gasteiger partial charge in [-0.2, -0.15) is 5.26 Å². The molecule has 4 rings (SSSR count). The Kier molecular flexibility index (Phi) is 7.75. The minimum Gasteiger partial charge on any atom is -0.315 e. The van der Waals surface area contributed by atoms with Crippen LogP contribution in [0.2, 0.25) is 10.0 Å². The second kappa shape index (κ2) is 10.5. The first kappa shape index (κ1) is 23.5. The van der Waals surface area contributed by atoms with Crippen LogP contribution in [0.25, 0.3) is 0 Å². The number of hydrogen-bond donors (Lipinski definition) is 1. The van der Waals surface area contributed by atoms with Crippen LogP contribution >= 0.6 is 34.5 Å². The number of amides is 1. The van der Waals surface area contributed by atoms with Gasteiger partial charge in [0.1, 0.15) is 11.1 Å². The molecule has 170 valence electrons. The molecule has 32 heavy (non-hydrogen) atoms. The summed E-state index contributed by atoms with van der Waals surface area (Å²) in [5, 5.41) is 14.8. The van der Waals surface area contributed by atoms with Gasteiger partial charge >= 0.3 is 0 Å². The third-order valence-electron chi connectivity index (χ3n) is 6.58. The minimum absolute atomic E-state index is 0.0465. The topological polar surface area (TPSA) is 59.4 Å². The molecule has 0 radical (unpaired) electrons. The molecule has 1 aromatic carbocycles. The molecule has 1 N–H and O–H groups in total. The van der Waals surface area contributed by atoms with E-state index in [9.17, 15) is 10.1 Å². The maximum atomic E-state index is 12.7. The summed E-state index contributed by atoms with van der Waals surface area (Å²) >= 11 is 14.2. The molecule has 1 atom stereocenters. The predicted molar refractivity (Wildman–Crippen MR) is 132 cm³/mol. The second-order valence-corrected chi connectivity index (χ2v) is 10.6. The van der Waals surface area contributed by atoms with Crippen molar-refractivity contribution in [3.8, 4) is 6.07 Å². The van der Waals surface area contributed by atoms with Crippen molar-refractivity contribution >= 4 is 45.4 Å². The van der Waals surface area contributed by atoms with E-state index < -0.39 is 0 Å². The minimum atomic E-state index is -0.0465. The fraction of sp³-hybridized carbons (Fsp3) is 0.500. The lowest BCUT2D eigenvalue weighted by Crippen LogP contribution is -2.48. The van der Waals surface area contributed by atoms with Crippen LogP contribution in [-0.2, 0) is 24.2 Å². The molecule has 1 aromatic heterocycles. The molecule has 5 nitrogen and oxygen atoms in total. The van der Waals surface area contributed by atoms with Crippen LogP contribution in [-0.4, -0.2) is 48.4 Å². The first-order chi connectivity index (χ1) is 15.5. The number of benzene rings is 1.